The van der Waals surface area contributed by atoms with Crippen molar-refractivity contribution in [3.05, 3.63) is 0 Å². The number of halogens is 1. The maximum absolute atomic E-state index is 10.8. The Hall–Kier alpha value is -0.280. The third kappa shape index (κ3) is 1.43. The van der Waals surface area contributed by atoms with Crippen molar-refractivity contribution >= 4 is 18.4 Å². The zero-order valence-electron chi connectivity index (χ0n) is 6.82. The van der Waals surface area contributed by atoms with Crippen LogP contribution in [0, 0.1) is 17.8 Å². The Labute approximate surface area is 77.9 Å². The topological polar surface area (TPSA) is 49.3 Å². The SMILES string of the molecule is Cl.O=C(O)C1[C@@H]2CC[C@H]1CNC2. The van der Waals surface area contributed by atoms with Crippen molar-refractivity contribution in [1.29, 1.82) is 0 Å². The van der Waals surface area contributed by atoms with Gasteiger partial charge >= 0.3 is 5.97 Å². The fraction of sp³-hybridized carbons (Fsp3) is 0.875. The lowest BCUT2D eigenvalue weighted by molar-refractivity contribution is -0.145. The Balaban J connectivity index is 0.000000720. The van der Waals surface area contributed by atoms with Gasteiger partial charge in [-0.05, 0) is 37.8 Å². The Kier molecular flexibility index (Phi) is 2.96. The predicted molar refractivity (Wildman–Crippen MR) is 47.5 cm³/mol. The van der Waals surface area contributed by atoms with Crippen molar-refractivity contribution in [2.24, 2.45) is 17.8 Å². The van der Waals surface area contributed by atoms with E-state index >= 15 is 0 Å². The zero-order chi connectivity index (χ0) is 7.84. The van der Waals surface area contributed by atoms with Crippen LogP contribution in [0.15, 0.2) is 0 Å². The molecule has 3 nitrogen and oxygen atoms in total. The van der Waals surface area contributed by atoms with Crippen LogP contribution < -0.4 is 5.32 Å². The van der Waals surface area contributed by atoms with Crippen LogP contribution in [0.25, 0.3) is 0 Å². The van der Waals surface area contributed by atoms with Gasteiger partial charge < -0.3 is 10.4 Å². The average molecular weight is 192 g/mol. The largest absolute Gasteiger partial charge is 0.481 e. The van der Waals surface area contributed by atoms with E-state index < -0.39 is 5.97 Å². The van der Waals surface area contributed by atoms with Gasteiger partial charge in [0.25, 0.3) is 0 Å². The fourth-order valence-electron chi connectivity index (χ4n) is 2.49. The maximum atomic E-state index is 10.8. The molecule has 2 fully saturated rings. The fourth-order valence-corrected chi connectivity index (χ4v) is 2.49. The van der Waals surface area contributed by atoms with Crippen LogP contribution in [0.3, 0.4) is 0 Å². The number of rotatable bonds is 1. The molecule has 12 heavy (non-hydrogen) atoms. The van der Waals surface area contributed by atoms with Gasteiger partial charge in [0.1, 0.15) is 0 Å². The highest BCUT2D eigenvalue weighted by Gasteiger charge is 2.43. The number of nitrogens with one attached hydrogen (secondary N) is 1. The minimum Gasteiger partial charge on any atom is -0.481 e. The van der Waals surface area contributed by atoms with Crippen LogP contribution in [-0.4, -0.2) is 24.2 Å². The molecule has 1 aliphatic carbocycles. The first-order valence-electron chi connectivity index (χ1n) is 4.22. The molecule has 1 unspecified atom stereocenters. The molecule has 1 aliphatic heterocycles. The molecule has 3 atom stereocenters. The number of carboxylic acid groups (broad SMARTS) is 1. The maximum Gasteiger partial charge on any atom is 0.307 e. The number of hydrogen-bond donors (Lipinski definition) is 2. The molecule has 0 aromatic rings. The molecule has 4 heteroatoms. The molecule has 0 spiro atoms. The summed E-state index contributed by atoms with van der Waals surface area (Å²) < 4.78 is 0. The van der Waals surface area contributed by atoms with Gasteiger partial charge in [0.05, 0.1) is 5.92 Å². The standard InChI is InChI=1S/C8H13NO2.ClH/c10-8(11)7-5-1-2-6(7)4-9-3-5;/h5-7,9H,1-4H2,(H,10,11);1H/t5-,6+,7?;. The second-order valence-electron chi connectivity index (χ2n) is 3.62. The molecular weight excluding hydrogens is 178 g/mol. The number of hydrogen-bond acceptors (Lipinski definition) is 2. The third-order valence-electron chi connectivity index (χ3n) is 3.02. The first-order valence-corrected chi connectivity index (χ1v) is 4.22. The highest BCUT2D eigenvalue weighted by Crippen LogP contribution is 2.38. The molecule has 2 rings (SSSR count). The third-order valence-corrected chi connectivity index (χ3v) is 3.02. The van der Waals surface area contributed by atoms with Gasteiger partial charge in [-0.2, -0.15) is 0 Å². The number of carboxylic acids is 1. The van der Waals surface area contributed by atoms with E-state index in [1.54, 1.807) is 0 Å². The van der Waals surface area contributed by atoms with Gasteiger partial charge in [-0.15, -0.1) is 12.4 Å². The van der Waals surface area contributed by atoms with E-state index in [2.05, 4.69) is 5.32 Å². The van der Waals surface area contributed by atoms with Crippen LogP contribution in [0.1, 0.15) is 12.8 Å². The molecule has 70 valence electrons. The number of aliphatic carboxylic acids is 1. The van der Waals surface area contributed by atoms with Gasteiger partial charge in [0.15, 0.2) is 0 Å². The molecular formula is C8H14ClNO2. The van der Waals surface area contributed by atoms with Crippen molar-refractivity contribution in [2.75, 3.05) is 13.1 Å². The van der Waals surface area contributed by atoms with Crippen LogP contribution in [0.4, 0.5) is 0 Å². The molecule has 2 bridgehead atoms. The highest BCUT2D eigenvalue weighted by atomic mass is 35.5. The summed E-state index contributed by atoms with van der Waals surface area (Å²) in [5.41, 5.74) is 0. The quantitative estimate of drug-likeness (QED) is 0.643. The van der Waals surface area contributed by atoms with E-state index in [9.17, 15) is 4.79 Å². The molecule has 0 aromatic carbocycles. The van der Waals surface area contributed by atoms with E-state index in [1.165, 1.54) is 0 Å². The van der Waals surface area contributed by atoms with Crippen LogP contribution in [0.5, 0.6) is 0 Å². The summed E-state index contributed by atoms with van der Waals surface area (Å²) >= 11 is 0. The van der Waals surface area contributed by atoms with Crippen molar-refractivity contribution in [3.63, 3.8) is 0 Å². The second-order valence-corrected chi connectivity index (χ2v) is 3.62. The summed E-state index contributed by atoms with van der Waals surface area (Å²) in [5.74, 6) is 0.188. The Morgan fingerprint density at radius 2 is 1.75 bits per heavy atom. The molecule has 0 aromatic heterocycles. The number of piperidine rings is 1. The monoisotopic (exact) mass is 191 g/mol. The average Bonchev–Trinajstić information content (AvgIpc) is 2.23. The van der Waals surface area contributed by atoms with Crippen molar-refractivity contribution in [3.8, 4) is 0 Å². The highest BCUT2D eigenvalue weighted by molar-refractivity contribution is 5.85. The van der Waals surface area contributed by atoms with Gasteiger partial charge in [0.2, 0.25) is 0 Å². The molecule has 0 radical (unpaired) electrons. The Morgan fingerprint density at radius 1 is 1.25 bits per heavy atom. The molecule has 1 heterocycles. The van der Waals surface area contributed by atoms with Crippen molar-refractivity contribution in [2.45, 2.75) is 12.8 Å². The summed E-state index contributed by atoms with van der Waals surface area (Å²) in [4.78, 5) is 10.8. The van der Waals surface area contributed by atoms with Crippen molar-refractivity contribution in [1.82, 2.24) is 5.32 Å². The minimum absolute atomic E-state index is 0. The van der Waals surface area contributed by atoms with Gasteiger partial charge in [-0.25, -0.2) is 0 Å². The molecule has 2 aliphatic rings. The van der Waals surface area contributed by atoms with Gasteiger partial charge in [-0.1, -0.05) is 0 Å². The predicted octanol–water partition coefficient (Wildman–Crippen LogP) is 0.738. The first-order chi connectivity index (χ1) is 5.29. The Bertz CT molecular complexity index is 170. The van der Waals surface area contributed by atoms with E-state index in [-0.39, 0.29) is 18.3 Å². The molecule has 0 amide bonds. The van der Waals surface area contributed by atoms with E-state index in [4.69, 9.17) is 5.11 Å². The molecule has 2 N–H and O–H groups in total. The van der Waals surface area contributed by atoms with Crippen LogP contribution in [-0.2, 0) is 4.79 Å². The molecule has 1 saturated carbocycles. The summed E-state index contributed by atoms with van der Waals surface area (Å²) in [7, 11) is 0. The first kappa shape index (κ1) is 9.81. The van der Waals surface area contributed by atoms with Gasteiger partial charge in [0, 0.05) is 0 Å². The number of carbonyl (C=O) groups is 1. The summed E-state index contributed by atoms with van der Waals surface area (Å²) in [6, 6.07) is 0. The second kappa shape index (κ2) is 3.62. The summed E-state index contributed by atoms with van der Waals surface area (Å²) in [6.07, 6.45) is 2.21. The lowest BCUT2D eigenvalue weighted by atomic mass is 9.86. The zero-order valence-corrected chi connectivity index (χ0v) is 7.64. The smallest absolute Gasteiger partial charge is 0.307 e. The minimum atomic E-state index is -0.584. The lowest BCUT2D eigenvalue weighted by Crippen LogP contribution is -2.41. The molecule has 1 saturated heterocycles. The Morgan fingerprint density at radius 3 is 2.08 bits per heavy atom. The van der Waals surface area contributed by atoms with Crippen molar-refractivity contribution < 1.29 is 9.90 Å². The summed E-state index contributed by atoms with van der Waals surface area (Å²) in [5, 5.41) is 12.2. The van der Waals surface area contributed by atoms with Crippen LogP contribution in [0.2, 0.25) is 0 Å². The lowest BCUT2D eigenvalue weighted by Gasteiger charge is -2.26. The normalized spacial score (nSPS) is 38.8. The van der Waals surface area contributed by atoms with E-state index in [1.807, 2.05) is 0 Å². The van der Waals surface area contributed by atoms with E-state index in [0.717, 1.165) is 25.9 Å². The number of fused-ring (bicyclic) bond motifs is 2. The van der Waals surface area contributed by atoms with E-state index in [0.29, 0.717) is 11.8 Å². The van der Waals surface area contributed by atoms with Crippen LogP contribution >= 0.6 is 12.4 Å². The summed E-state index contributed by atoms with van der Waals surface area (Å²) in [6.45, 7) is 1.82. The van der Waals surface area contributed by atoms with Gasteiger partial charge in [-0.3, -0.25) is 4.79 Å².